The second kappa shape index (κ2) is 5.74. The quantitative estimate of drug-likeness (QED) is 0.482. The molecule has 0 radical (unpaired) electrons. The summed E-state index contributed by atoms with van der Waals surface area (Å²) in [5, 5.41) is 20.4. The summed E-state index contributed by atoms with van der Waals surface area (Å²) in [5.41, 5.74) is 6.48. The highest BCUT2D eigenvalue weighted by Gasteiger charge is 2.68. The molecule has 9 nitrogen and oxygen atoms in total. The zero-order valence-corrected chi connectivity index (χ0v) is 16.1. The maximum atomic E-state index is 13.1. The van der Waals surface area contributed by atoms with E-state index in [1.54, 1.807) is 0 Å². The number of carbonyl (C=O) groups excluding carboxylic acids is 2. The van der Waals surface area contributed by atoms with Gasteiger partial charge in [0, 0.05) is 47.8 Å². The third-order valence-electron chi connectivity index (χ3n) is 7.98. The van der Waals surface area contributed by atoms with E-state index in [0.717, 1.165) is 6.42 Å². The number of fused-ring (bicyclic) bond motifs is 5. The number of rotatable bonds is 1. The molecule has 152 valence electrons. The van der Waals surface area contributed by atoms with Gasteiger partial charge in [-0.2, -0.15) is 5.26 Å². The Morgan fingerprint density at radius 3 is 2.86 bits per heavy atom. The van der Waals surface area contributed by atoms with Crippen LogP contribution in [0.5, 0.6) is 0 Å². The lowest BCUT2D eigenvalue weighted by Crippen LogP contribution is -2.78. The van der Waals surface area contributed by atoms with Gasteiger partial charge in [0.25, 0.3) is 0 Å². The van der Waals surface area contributed by atoms with E-state index in [9.17, 15) is 20.0 Å². The zero-order valence-electron chi connectivity index (χ0n) is 16.1. The first-order valence-electron chi connectivity index (χ1n) is 10.2. The molecule has 0 saturated carbocycles. The van der Waals surface area contributed by atoms with Crippen LogP contribution in [0.2, 0.25) is 0 Å². The zero-order chi connectivity index (χ0) is 20.2. The fourth-order valence-electron chi connectivity index (χ4n) is 7.07. The van der Waals surface area contributed by atoms with E-state index in [2.05, 4.69) is 15.9 Å². The number of nitrogens with two attached hydrogens (primary N) is 1. The van der Waals surface area contributed by atoms with E-state index in [0.29, 0.717) is 18.7 Å². The predicted octanol–water partition coefficient (Wildman–Crippen LogP) is -2.04. The lowest BCUT2D eigenvalue weighted by Gasteiger charge is -2.61. The molecule has 6 aliphatic rings. The van der Waals surface area contributed by atoms with Crippen LogP contribution in [0.1, 0.15) is 6.42 Å². The van der Waals surface area contributed by atoms with Crippen LogP contribution < -0.4 is 5.73 Å². The summed E-state index contributed by atoms with van der Waals surface area (Å²) in [4.78, 5) is 32.7. The summed E-state index contributed by atoms with van der Waals surface area (Å²) in [6, 6.07) is 0.855. The van der Waals surface area contributed by atoms with Crippen molar-refractivity contribution in [1.82, 2.24) is 14.7 Å². The Balaban J connectivity index is 1.63. The molecule has 0 unspecified atom stereocenters. The van der Waals surface area contributed by atoms with Crippen LogP contribution in [0.4, 0.5) is 0 Å². The van der Waals surface area contributed by atoms with Crippen molar-refractivity contribution in [2.24, 2.45) is 11.7 Å². The van der Waals surface area contributed by atoms with Crippen molar-refractivity contribution in [3.8, 4) is 6.07 Å². The van der Waals surface area contributed by atoms with Gasteiger partial charge in [0.05, 0.1) is 37.1 Å². The molecule has 4 fully saturated rings. The van der Waals surface area contributed by atoms with Gasteiger partial charge in [-0.25, -0.2) is 0 Å². The van der Waals surface area contributed by atoms with Crippen molar-refractivity contribution in [3.05, 3.63) is 22.9 Å². The molecule has 0 aromatic rings. The topological polar surface area (TPSA) is 123 Å². The summed E-state index contributed by atoms with van der Waals surface area (Å²) in [5.74, 6) is -0.439. The highest BCUT2D eigenvalue weighted by atomic mass is 16.5. The van der Waals surface area contributed by atoms with E-state index in [1.807, 2.05) is 11.9 Å². The molecule has 1 aliphatic carbocycles. The lowest BCUT2D eigenvalue weighted by atomic mass is 9.70. The molecule has 3 N–H and O–H groups in total. The minimum atomic E-state index is -0.697. The molecule has 5 heterocycles. The van der Waals surface area contributed by atoms with Crippen molar-refractivity contribution in [3.63, 3.8) is 0 Å². The summed E-state index contributed by atoms with van der Waals surface area (Å²) >= 11 is 0. The van der Waals surface area contributed by atoms with Gasteiger partial charge >= 0.3 is 0 Å². The molecule has 29 heavy (non-hydrogen) atoms. The van der Waals surface area contributed by atoms with Crippen molar-refractivity contribution in [1.29, 1.82) is 5.26 Å². The number of carbonyl (C=O) groups is 2. The molecule has 8 atom stereocenters. The number of Topliss-reactive ketones (excluding diaryl/α,β-unsaturated/α-hetero) is 1. The van der Waals surface area contributed by atoms with Crippen molar-refractivity contribution in [2.45, 2.75) is 48.9 Å². The first-order chi connectivity index (χ1) is 14.0. The fraction of sp³-hybridized carbons (Fsp3) is 0.650. The number of nitriles is 1. The van der Waals surface area contributed by atoms with Gasteiger partial charge in [0.2, 0.25) is 5.78 Å². The number of aliphatic hydroxyl groups is 1. The number of likely N-dealkylation sites (N-methyl/N-ethyl adjacent to an activating group) is 1. The molecule has 4 saturated heterocycles. The van der Waals surface area contributed by atoms with E-state index in [-0.39, 0.29) is 60.0 Å². The van der Waals surface area contributed by atoms with Crippen molar-refractivity contribution in [2.75, 3.05) is 26.8 Å². The minimum Gasteiger partial charge on any atom is -0.395 e. The molecule has 6 rings (SSSR count). The van der Waals surface area contributed by atoms with Gasteiger partial charge in [-0.15, -0.1) is 0 Å². The summed E-state index contributed by atoms with van der Waals surface area (Å²) < 4.78 is 6.11. The van der Waals surface area contributed by atoms with Gasteiger partial charge in [0.1, 0.15) is 12.3 Å². The third kappa shape index (κ3) is 1.92. The molecular weight excluding hydrogens is 374 g/mol. The molecule has 0 aromatic heterocycles. The average Bonchev–Trinajstić information content (AvgIpc) is 3.28. The smallest absolute Gasteiger partial charge is 0.206 e. The number of nitrogens with zero attached hydrogens (tertiary/aromatic N) is 4. The Morgan fingerprint density at radius 2 is 2.14 bits per heavy atom. The van der Waals surface area contributed by atoms with E-state index in [1.165, 1.54) is 6.08 Å². The van der Waals surface area contributed by atoms with Crippen LogP contribution in [0.3, 0.4) is 0 Å². The monoisotopic (exact) mass is 397 g/mol. The summed E-state index contributed by atoms with van der Waals surface area (Å²) in [6.45, 7) is 0.926. The number of hydrogen-bond donors (Lipinski definition) is 2. The Labute approximate surface area is 168 Å². The van der Waals surface area contributed by atoms with Crippen LogP contribution in [0.15, 0.2) is 22.9 Å². The molecular formula is C20H23N5O4. The lowest BCUT2D eigenvalue weighted by molar-refractivity contribution is -0.144. The maximum absolute atomic E-state index is 13.1. The first-order valence-corrected chi connectivity index (χ1v) is 10.2. The van der Waals surface area contributed by atoms with Gasteiger partial charge in [-0.05, 0) is 13.5 Å². The summed E-state index contributed by atoms with van der Waals surface area (Å²) in [7, 11) is 2.04. The summed E-state index contributed by atoms with van der Waals surface area (Å²) in [6.07, 6.45) is 1.92. The van der Waals surface area contributed by atoms with Crippen LogP contribution in [0.25, 0.3) is 0 Å². The van der Waals surface area contributed by atoms with Gasteiger partial charge in [-0.1, -0.05) is 0 Å². The molecule has 0 aromatic carbocycles. The molecule has 0 spiro atoms. The van der Waals surface area contributed by atoms with E-state index in [4.69, 9.17) is 10.5 Å². The normalized spacial score (nSPS) is 46.4. The molecule has 5 aliphatic heterocycles. The Bertz CT molecular complexity index is 938. The highest BCUT2D eigenvalue weighted by Crippen LogP contribution is 2.54. The first kappa shape index (κ1) is 17.7. The number of ether oxygens (including phenoxy) is 1. The molecule has 9 heteroatoms. The van der Waals surface area contributed by atoms with Gasteiger partial charge in [-0.3, -0.25) is 24.3 Å². The number of piperidine rings is 1. The fourth-order valence-corrected chi connectivity index (χ4v) is 7.07. The van der Waals surface area contributed by atoms with Crippen LogP contribution in [-0.2, 0) is 14.3 Å². The number of allylic oxidation sites excluding steroid dienone is 2. The van der Waals surface area contributed by atoms with Crippen molar-refractivity contribution < 1.29 is 19.4 Å². The Morgan fingerprint density at radius 1 is 1.34 bits per heavy atom. The molecule has 0 amide bonds. The largest absolute Gasteiger partial charge is 0.395 e. The van der Waals surface area contributed by atoms with Crippen LogP contribution >= 0.6 is 0 Å². The minimum absolute atomic E-state index is 0.00506. The van der Waals surface area contributed by atoms with Gasteiger partial charge < -0.3 is 15.6 Å². The number of hydrogen-bond acceptors (Lipinski definition) is 9. The number of ketones is 2. The third-order valence-corrected chi connectivity index (χ3v) is 7.98. The predicted molar refractivity (Wildman–Crippen MR) is 98.9 cm³/mol. The van der Waals surface area contributed by atoms with Crippen LogP contribution in [0, 0.1) is 17.2 Å². The standard InChI is InChI=1S/C20H23N5O4/c1-23-10-4-8-16(23)18-17(24-2-3-29-20(8)24)15-13(27)5-9(22)19(28)14(15)12(7-26)25(18)11(10)6-21/h5,8,10-12,16-18,20,26H,2-4,7,22H2,1H3/t8-,10-,11-,12-,16+,17-,18-,20+/m0/s1. The Kier molecular flexibility index (Phi) is 3.51. The van der Waals surface area contributed by atoms with Gasteiger partial charge in [0.15, 0.2) is 5.78 Å². The Hall–Kier alpha value is -2.09. The maximum Gasteiger partial charge on any atom is 0.206 e. The highest BCUT2D eigenvalue weighted by molar-refractivity contribution is 6.23. The number of piperazine rings is 1. The molecule has 2 bridgehead atoms. The second-order valence-corrected chi connectivity index (χ2v) is 8.90. The number of aliphatic hydroxyl groups excluding tert-OH is 1. The second-order valence-electron chi connectivity index (χ2n) is 8.90. The SMILES string of the molecule is CN1[C@@H]2[C@@H]3C[C@H]1[C@H](C#N)N1[C@@H]2[C@H](C2=C(C(=O)C(N)=CC2=O)[C@@H]1CO)N1CCO[C@H]31. The van der Waals surface area contributed by atoms with Crippen molar-refractivity contribution >= 4 is 11.6 Å². The van der Waals surface area contributed by atoms with E-state index < -0.39 is 17.9 Å². The average molecular weight is 397 g/mol. The van der Waals surface area contributed by atoms with E-state index >= 15 is 0 Å². The van der Waals surface area contributed by atoms with Crippen LogP contribution in [-0.4, -0.2) is 101 Å².